The van der Waals surface area contributed by atoms with Crippen molar-refractivity contribution in [1.82, 2.24) is 0 Å². The third kappa shape index (κ3) is 32.2. The van der Waals surface area contributed by atoms with Crippen molar-refractivity contribution in [2.75, 3.05) is 13.2 Å². The number of hydrogen-bond donors (Lipinski definition) is 6. The predicted molar refractivity (Wildman–Crippen MR) is 258 cm³/mol. The lowest BCUT2D eigenvalue weighted by molar-refractivity contribution is -0.220. The van der Waals surface area contributed by atoms with Crippen molar-refractivity contribution in [2.45, 2.75) is 198 Å². The predicted octanol–water partition coefficient (Wildman–Crippen LogP) is 9.83. The maximum atomic E-state index is 12.8. The second-order valence-electron chi connectivity index (χ2n) is 16.3. The van der Waals surface area contributed by atoms with Crippen LogP contribution in [0.4, 0.5) is 0 Å². The summed E-state index contributed by atoms with van der Waals surface area (Å²) < 4.78 is 33.5. The minimum Gasteiger partial charge on any atom is -0.462 e. The zero-order chi connectivity index (χ0) is 47.8. The summed E-state index contributed by atoms with van der Waals surface area (Å²) in [5, 5.41) is 50.2. The van der Waals surface area contributed by atoms with Gasteiger partial charge in [0.05, 0.1) is 6.61 Å². The molecule has 0 aromatic rings. The summed E-state index contributed by atoms with van der Waals surface area (Å²) in [7, 11) is -5.15. The molecule has 0 bridgehead atoms. The first-order chi connectivity index (χ1) is 31.4. The van der Waals surface area contributed by atoms with Crippen LogP contribution in [0, 0.1) is 0 Å². The van der Waals surface area contributed by atoms with E-state index in [1.54, 1.807) is 0 Å². The second-order valence-corrected chi connectivity index (χ2v) is 17.7. The highest BCUT2D eigenvalue weighted by Gasteiger charge is 2.51. The number of hydrogen-bond acceptors (Lipinski definition) is 12. The van der Waals surface area contributed by atoms with Crippen molar-refractivity contribution in [3.8, 4) is 0 Å². The van der Waals surface area contributed by atoms with E-state index in [1.165, 1.54) is 38.5 Å². The lowest BCUT2D eigenvalue weighted by atomic mass is 9.85. The van der Waals surface area contributed by atoms with Gasteiger partial charge in [-0.25, -0.2) is 4.57 Å². The van der Waals surface area contributed by atoms with Crippen molar-refractivity contribution in [3.05, 3.63) is 97.2 Å². The molecule has 6 N–H and O–H groups in total. The number of phosphoric acid groups is 1. The van der Waals surface area contributed by atoms with Crippen LogP contribution in [0.2, 0.25) is 0 Å². The van der Waals surface area contributed by atoms with Crippen LogP contribution >= 0.6 is 7.82 Å². The Labute approximate surface area is 390 Å². The number of carbonyl (C=O) groups is 2. The van der Waals surface area contributed by atoms with E-state index in [4.69, 9.17) is 18.5 Å². The number of allylic oxidation sites excluding steroid dienone is 16. The fraction of sp³-hybridized carbons (Fsp3) is 0.647. The van der Waals surface area contributed by atoms with Gasteiger partial charge in [-0.05, 0) is 96.3 Å². The Balaban J connectivity index is 2.52. The normalized spacial score (nSPS) is 22.3. The highest BCUT2D eigenvalue weighted by Crippen LogP contribution is 2.47. The van der Waals surface area contributed by atoms with Crippen LogP contribution in [0.3, 0.4) is 0 Å². The molecule has 0 amide bonds. The summed E-state index contributed by atoms with van der Waals surface area (Å²) in [5.74, 6) is -1.21. The van der Waals surface area contributed by atoms with Crippen molar-refractivity contribution in [3.63, 3.8) is 0 Å². The molecule has 0 heterocycles. The number of phosphoric ester groups is 1. The molecule has 0 aromatic carbocycles. The number of aliphatic hydroxyl groups is 5. The first kappa shape index (κ1) is 59.8. The Hall–Kier alpha value is -3.23. The van der Waals surface area contributed by atoms with Gasteiger partial charge in [-0.15, -0.1) is 0 Å². The zero-order valence-corrected chi connectivity index (χ0v) is 40.1. The largest absolute Gasteiger partial charge is 0.472 e. The first-order valence-electron chi connectivity index (χ1n) is 24.0. The van der Waals surface area contributed by atoms with Gasteiger partial charge >= 0.3 is 19.8 Å². The van der Waals surface area contributed by atoms with Gasteiger partial charge in [-0.3, -0.25) is 18.6 Å². The molecule has 0 saturated heterocycles. The maximum absolute atomic E-state index is 12.8. The molecule has 0 radical (unpaired) electrons. The molecular weight excluding hydrogens is 852 g/mol. The third-order valence-electron chi connectivity index (χ3n) is 10.4. The van der Waals surface area contributed by atoms with Gasteiger partial charge in [0.25, 0.3) is 0 Å². The number of ether oxygens (including phenoxy) is 2. The molecular formula is C51H83O13P. The van der Waals surface area contributed by atoms with Crippen LogP contribution in [0.15, 0.2) is 97.2 Å². The minimum absolute atomic E-state index is 0.0417. The molecule has 13 nitrogen and oxygen atoms in total. The number of rotatable bonds is 38. The summed E-state index contributed by atoms with van der Waals surface area (Å²) >= 11 is 0. The smallest absolute Gasteiger partial charge is 0.462 e. The Morgan fingerprint density at radius 1 is 0.477 bits per heavy atom. The summed E-state index contributed by atoms with van der Waals surface area (Å²) in [5.41, 5.74) is 0. The SMILES string of the molecule is CCCCC/C=C\C/C=C\C/C=C\C/C=C\CCCCCC(=O)O[C@H](COC(=O)CCC/C=C\C/C=C\C/C=C\C/C=C\CCCCC)COP(=O)(O)OC1C(O)C(O)C(O)[C@@H](O)C1O. The molecule has 1 fully saturated rings. The molecule has 1 aliphatic carbocycles. The summed E-state index contributed by atoms with van der Waals surface area (Å²) in [4.78, 5) is 35.7. The molecule has 6 unspecified atom stereocenters. The zero-order valence-electron chi connectivity index (χ0n) is 39.2. The van der Waals surface area contributed by atoms with Crippen LogP contribution in [-0.2, 0) is 32.7 Å². The van der Waals surface area contributed by atoms with E-state index >= 15 is 0 Å². The monoisotopic (exact) mass is 935 g/mol. The van der Waals surface area contributed by atoms with Gasteiger partial charge in [-0.2, -0.15) is 0 Å². The van der Waals surface area contributed by atoms with E-state index in [2.05, 4.69) is 98.9 Å². The fourth-order valence-electron chi connectivity index (χ4n) is 6.50. The number of unbranched alkanes of at least 4 members (excludes halogenated alkanes) is 10. The number of aliphatic hydroxyl groups excluding tert-OH is 5. The van der Waals surface area contributed by atoms with Gasteiger partial charge in [0.1, 0.15) is 43.2 Å². The average molecular weight is 935 g/mol. The topological polar surface area (TPSA) is 210 Å². The van der Waals surface area contributed by atoms with Crippen LogP contribution in [0.5, 0.6) is 0 Å². The molecule has 1 aliphatic rings. The van der Waals surface area contributed by atoms with E-state index in [1.807, 2.05) is 12.2 Å². The lowest BCUT2D eigenvalue weighted by Crippen LogP contribution is -2.64. The Bertz CT molecular complexity index is 1500. The molecule has 1 saturated carbocycles. The molecule has 0 spiro atoms. The van der Waals surface area contributed by atoms with Crippen LogP contribution in [-0.4, -0.2) is 98.3 Å². The lowest BCUT2D eigenvalue weighted by Gasteiger charge is -2.41. The Kier molecular flexibility index (Phi) is 36.7. The van der Waals surface area contributed by atoms with E-state index in [-0.39, 0.29) is 12.8 Å². The summed E-state index contributed by atoms with van der Waals surface area (Å²) in [6.45, 7) is 3.16. The van der Waals surface area contributed by atoms with Crippen molar-refractivity contribution in [2.24, 2.45) is 0 Å². The highest BCUT2D eigenvalue weighted by atomic mass is 31.2. The van der Waals surface area contributed by atoms with Crippen LogP contribution < -0.4 is 0 Å². The van der Waals surface area contributed by atoms with E-state index in [0.29, 0.717) is 19.3 Å². The molecule has 0 aliphatic heterocycles. The van der Waals surface area contributed by atoms with Gasteiger partial charge in [-0.1, -0.05) is 143 Å². The summed E-state index contributed by atoms with van der Waals surface area (Å²) in [6.07, 6.45) is 40.3. The number of esters is 2. The third-order valence-corrected chi connectivity index (χ3v) is 11.4. The molecule has 370 valence electrons. The van der Waals surface area contributed by atoms with Gasteiger partial charge in [0.15, 0.2) is 6.10 Å². The van der Waals surface area contributed by atoms with Crippen molar-refractivity contribution < 1.29 is 63.1 Å². The van der Waals surface area contributed by atoms with Gasteiger partial charge < -0.3 is 39.9 Å². The summed E-state index contributed by atoms with van der Waals surface area (Å²) in [6, 6.07) is 0. The Morgan fingerprint density at radius 2 is 0.846 bits per heavy atom. The van der Waals surface area contributed by atoms with Crippen molar-refractivity contribution in [1.29, 1.82) is 0 Å². The van der Waals surface area contributed by atoms with E-state index in [0.717, 1.165) is 70.6 Å². The standard InChI is InChI=1S/C51H83O13P/c1-3-5-7-9-11-13-15-17-19-21-22-24-26-28-30-32-34-36-38-40-45(53)63-43(42-62-65(59,60)64-51-49(57)47(55)46(54)48(56)50(51)58)41-61-44(52)39-37-35-33-31-29-27-25-23-20-18-16-14-12-10-8-6-4-2/h11-14,17-20,22,24-25,27-28,30-31,33,43,46-51,54-58H,3-10,15-16,21,23,26,29,32,34-42H2,1-2H3,(H,59,60)/b13-11-,14-12-,19-17-,20-18-,24-22-,27-25-,30-28-,33-31-/t43-,46?,47-,48?,49?,50?,51?/m1/s1. The van der Waals surface area contributed by atoms with Crippen LogP contribution in [0.25, 0.3) is 0 Å². The highest BCUT2D eigenvalue weighted by molar-refractivity contribution is 7.47. The second kappa shape index (κ2) is 39.9. The van der Waals surface area contributed by atoms with Crippen LogP contribution in [0.1, 0.15) is 155 Å². The molecule has 0 aromatic heterocycles. The Morgan fingerprint density at radius 3 is 1.28 bits per heavy atom. The quantitative estimate of drug-likeness (QED) is 0.0148. The molecule has 8 atom stereocenters. The number of carbonyl (C=O) groups excluding carboxylic acids is 2. The van der Waals surface area contributed by atoms with E-state index < -0.39 is 75.7 Å². The molecule has 14 heteroatoms. The van der Waals surface area contributed by atoms with Crippen molar-refractivity contribution >= 4 is 19.8 Å². The fourth-order valence-corrected chi connectivity index (χ4v) is 7.47. The van der Waals surface area contributed by atoms with Gasteiger partial charge in [0, 0.05) is 12.8 Å². The van der Waals surface area contributed by atoms with E-state index in [9.17, 15) is 44.6 Å². The first-order valence-corrected chi connectivity index (χ1v) is 25.5. The average Bonchev–Trinajstić information content (AvgIpc) is 3.29. The van der Waals surface area contributed by atoms with Gasteiger partial charge in [0.2, 0.25) is 0 Å². The minimum atomic E-state index is -5.15. The maximum Gasteiger partial charge on any atom is 0.472 e. The molecule has 1 rings (SSSR count). The molecule has 65 heavy (non-hydrogen) atoms.